The van der Waals surface area contributed by atoms with Crippen molar-refractivity contribution in [3.05, 3.63) is 35.4 Å². The topological polar surface area (TPSA) is 35.2 Å². The van der Waals surface area contributed by atoms with E-state index in [1.54, 1.807) is 7.11 Å². The van der Waals surface area contributed by atoms with E-state index in [1.165, 1.54) is 5.56 Å². The number of methoxy groups -OCH3 is 1. The van der Waals surface area contributed by atoms with Crippen molar-refractivity contribution >= 4 is 11.8 Å². The SMILES string of the molecule is COCCCSCc1ccccc1C#CCN. The summed E-state index contributed by atoms with van der Waals surface area (Å²) in [6.45, 7) is 1.25. The Bertz CT molecular complexity index is 381. The molecule has 1 aromatic carbocycles. The summed E-state index contributed by atoms with van der Waals surface area (Å²) in [5.74, 6) is 8.13. The molecule has 0 amide bonds. The van der Waals surface area contributed by atoms with Crippen LogP contribution in [0.1, 0.15) is 17.5 Å². The van der Waals surface area contributed by atoms with Gasteiger partial charge in [0.15, 0.2) is 0 Å². The zero-order valence-corrected chi connectivity index (χ0v) is 11.1. The zero-order chi connectivity index (χ0) is 12.3. The number of hydrogen-bond donors (Lipinski definition) is 1. The fraction of sp³-hybridized carbons (Fsp3) is 0.429. The smallest absolute Gasteiger partial charge is 0.0555 e. The second-order valence-electron chi connectivity index (χ2n) is 3.56. The first kappa shape index (κ1) is 14.1. The lowest BCUT2D eigenvalue weighted by molar-refractivity contribution is 0.200. The van der Waals surface area contributed by atoms with Crippen LogP contribution in [0.15, 0.2) is 24.3 Å². The first-order chi connectivity index (χ1) is 8.38. The van der Waals surface area contributed by atoms with E-state index in [9.17, 15) is 0 Å². The molecule has 0 atom stereocenters. The summed E-state index contributed by atoms with van der Waals surface area (Å²) in [7, 11) is 1.74. The van der Waals surface area contributed by atoms with Gasteiger partial charge < -0.3 is 10.5 Å². The van der Waals surface area contributed by atoms with Crippen molar-refractivity contribution in [1.82, 2.24) is 0 Å². The Morgan fingerprint density at radius 1 is 1.35 bits per heavy atom. The summed E-state index contributed by atoms with van der Waals surface area (Å²) in [5.41, 5.74) is 7.77. The Kier molecular flexibility index (Phi) is 7.57. The van der Waals surface area contributed by atoms with Crippen LogP contribution in [0.5, 0.6) is 0 Å². The highest BCUT2D eigenvalue weighted by atomic mass is 32.2. The fourth-order valence-electron chi connectivity index (χ4n) is 1.40. The van der Waals surface area contributed by atoms with E-state index < -0.39 is 0 Å². The summed E-state index contributed by atoms with van der Waals surface area (Å²) in [6.07, 6.45) is 1.10. The summed E-state index contributed by atoms with van der Waals surface area (Å²) in [4.78, 5) is 0. The largest absolute Gasteiger partial charge is 0.385 e. The molecule has 0 spiro atoms. The van der Waals surface area contributed by atoms with E-state index in [0.717, 1.165) is 30.1 Å². The number of ether oxygens (including phenoxy) is 1. The Hall–Kier alpha value is -0.950. The van der Waals surface area contributed by atoms with Crippen molar-refractivity contribution in [3.8, 4) is 11.8 Å². The highest BCUT2D eigenvalue weighted by molar-refractivity contribution is 7.98. The molecule has 0 bridgehead atoms. The van der Waals surface area contributed by atoms with Crippen molar-refractivity contribution in [2.45, 2.75) is 12.2 Å². The monoisotopic (exact) mass is 249 g/mol. The fourth-order valence-corrected chi connectivity index (χ4v) is 2.34. The van der Waals surface area contributed by atoms with Gasteiger partial charge in [-0.3, -0.25) is 0 Å². The van der Waals surface area contributed by atoms with Crippen LogP contribution in [0.4, 0.5) is 0 Å². The minimum absolute atomic E-state index is 0.412. The van der Waals surface area contributed by atoms with Crippen LogP contribution < -0.4 is 5.73 Å². The van der Waals surface area contributed by atoms with Gasteiger partial charge in [-0.1, -0.05) is 30.0 Å². The standard InChI is InChI=1S/C14H19NOS/c1-16-10-5-11-17-12-14-7-3-2-6-13(14)8-4-9-15/h2-3,6-7H,5,9-12,15H2,1H3. The number of nitrogens with two attached hydrogens (primary N) is 1. The molecule has 0 unspecified atom stereocenters. The van der Waals surface area contributed by atoms with E-state index in [1.807, 2.05) is 23.9 Å². The van der Waals surface area contributed by atoms with Gasteiger partial charge in [0.25, 0.3) is 0 Å². The lowest BCUT2D eigenvalue weighted by Crippen LogP contribution is -1.95. The molecule has 92 valence electrons. The molecule has 1 rings (SSSR count). The van der Waals surface area contributed by atoms with Crippen LogP contribution in [0.2, 0.25) is 0 Å². The summed E-state index contributed by atoms with van der Waals surface area (Å²) in [6, 6.07) is 8.25. The lowest BCUT2D eigenvalue weighted by atomic mass is 10.1. The molecule has 17 heavy (non-hydrogen) atoms. The van der Waals surface area contributed by atoms with Gasteiger partial charge in [-0.05, 0) is 23.8 Å². The molecule has 0 aliphatic rings. The average molecular weight is 249 g/mol. The molecule has 0 heterocycles. The Balaban J connectivity index is 2.46. The van der Waals surface area contributed by atoms with Gasteiger partial charge in [0.1, 0.15) is 0 Å². The van der Waals surface area contributed by atoms with Crippen LogP contribution in [-0.4, -0.2) is 26.0 Å². The minimum Gasteiger partial charge on any atom is -0.385 e. The third-order valence-corrected chi connectivity index (χ3v) is 3.33. The number of thioether (sulfide) groups is 1. The van der Waals surface area contributed by atoms with Gasteiger partial charge in [-0.15, -0.1) is 0 Å². The van der Waals surface area contributed by atoms with Gasteiger partial charge >= 0.3 is 0 Å². The highest BCUT2D eigenvalue weighted by Crippen LogP contribution is 2.16. The number of benzene rings is 1. The van der Waals surface area contributed by atoms with E-state index in [-0.39, 0.29) is 0 Å². The molecule has 0 aromatic heterocycles. The van der Waals surface area contributed by atoms with E-state index in [2.05, 4.69) is 24.0 Å². The Morgan fingerprint density at radius 2 is 2.18 bits per heavy atom. The molecule has 0 aliphatic heterocycles. The maximum atomic E-state index is 5.39. The van der Waals surface area contributed by atoms with Crippen molar-refractivity contribution in [2.24, 2.45) is 5.73 Å². The molecule has 0 radical (unpaired) electrons. The number of hydrogen-bond acceptors (Lipinski definition) is 3. The van der Waals surface area contributed by atoms with E-state index in [4.69, 9.17) is 10.5 Å². The predicted molar refractivity (Wildman–Crippen MR) is 75.0 cm³/mol. The van der Waals surface area contributed by atoms with E-state index in [0.29, 0.717) is 6.54 Å². The first-order valence-electron chi connectivity index (χ1n) is 5.72. The second kappa shape index (κ2) is 9.12. The molecule has 3 heteroatoms. The van der Waals surface area contributed by atoms with Crippen LogP contribution in [0.25, 0.3) is 0 Å². The van der Waals surface area contributed by atoms with Crippen molar-refractivity contribution in [2.75, 3.05) is 26.0 Å². The third-order valence-electron chi connectivity index (χ3n) is 2.24. The average Bonchev–Trinajstić information content (AvgIpc) is 2.37. The quantitative estimate of drug-likeness (QED) is 0.620. The zero-order valence-electron chi connectivity index (χ0n) is 10.2. The van der Waals surface area contributed by atoms with Crippen LogP contribution in [0.3, 0.4) is 0 Å². The van der Waals surface area contributed by atoms with Gasteiger partial charge in [0.2, 0.25) is 0 Å². The van der Waals surface area contributed by atoms with Crippen molar-refractivity contribution < 1.29 is 4.74 Å². The predicted octanol–water partition coefficient (Wildman–Crippen LogP) is 2.27. The van der Waals surface area contributed by atoms with E-state index >= 15 is 0 Å². The Labute approximate surface area is 108 Å². The third kappa shape index (κ3) is 5.78. The van der Waals surface area contributed by atoms with Crippen LogP contribution >= 0.6 is 11.8 Å². The molecule has 0 fully saturated rings. The van der Waals surface area contributed by atoms with Crippen molar-refractivity contribution in [3.63, 3.8) is 0 Å². The summed E-state index contributed by atoms with van der Waals surface area (Å²) >= 11 is 1.91. The molecule has 2 N–H and O–H groups in total. The van der Waals surface area contributed by atoms with Gasteiger partial charge in [0.05, 0.1) is 6.54 Å². The van der Waals surface area contributed by atoms with Gasteiger partial charge in [-0.2, -0.15) is 11.8 Å². The van der Waals surface area contributed by atoms with Gasteiger partial charge in [0, 0.05) is 25.0 Å². The summed E-state index contributed by atoms with van der Waals surface area (Å²) < 4.78 is 5.02. The molecule has 0 saturated heterocycles. The molecule has 1 aromatic rings. The molecule has 0 aliphatic carbocycles. The molecular formula is C14H19NOS. The minimum atomic E-state index is 0.412. The summed E-state index contributed by atoms with van der Waals surface area (Å²) in [5, 5.41) is 0. The van der Waals surface area contributed by atoms with Crippen LogP contribution in [0, 0.1) is 11.8 Å². The van der Waals surface area contributed by atoms with Crippen LogP contribution in [-0.2, 0) is 10.5 Å². The first-order valence-corrected chi connectivity index (χ1v) is 6.87. The lowest BCUT2D eigenvalue weighted by Gasteiger charge is -2.04. The molecular weight excluding hydrogens is 230 g/mol. The Morgan fingerprint density at radius 3 is 2.94 bits per heavy atom. The normalized spacial score (nSPS) is 9.76. The van der Waals surface area contributed by atoms with Crippen molar-refractivity contribution in [1.29, 1.82) is 0 Å². The maximum Gasteiger partial charge on any atom is 0.0555 e. The molecule has 2 nitrogen and oxygen atoms in total. The maximum absolute atomic E-state index is 5.39. The number of rotatable bonds is 6. The highest BCUT2D eigenvalue weighted by Gasteiger charge is 1.99. The second-order valence-corrected chi connectivity index (χ2v) is 4.67. The molecule has 0 saturated carbocycles. The van der Waals surface area contributed by atoms with Gasteiger partial charge in [-0.25, -0.2) is 0 Å².